The quantitative estimate of drug-likeness (QED) is 0.908. The second-order valence-corrected chi connectivity index (χ2v) is 7.76. The molecule has 2 aromatic rings. The van der Waals surface area contributed by atoms with Gasteiger partial charge in [0.25, 0.3) is 0 Å². The molecule has 140 valence electrons. The van der Waals surface area contributed by atoms with Crippen LogP contribution in [0.15, 0.2) is 18.3 Å². The maximum atomic E-state index is 4.81. The van der Waals surface area contributed by atoms with Gasteiger partial charge in [-0.15, -0.1) is 0 Å². The molecule has 1 N–H and O–H groups in total. The van der Waals surface area contributed by atoms with Gasteiger partial charge < -0.3 is 10.2 Å². The highest BCUT2D eigenvalue weighted by molar-refractivity contribution is 5.49. The van der Waals surface area contributed by atoms with Crippen molar-refractivity contribution in [2.75, 3.05) is 44.2 Å². The summed E-state index contributed by atoms with van der Waals surface area (Å²) in [6.07, 6.45) is 3.35. The van der Waals surface area contributed by atoms with Gasteiger partial charge in [-0.2, -0.15) is 5.10 Å². The second-order valence-electron chi connectivity index (χ2n) is 7.76. The predicted molar refractivity (Wildman–Crippen MR) is 105 cm³/mol. The van der Waals surface area contributed by atoms with Crippen LogP contribution in [0.25, 0.3) is 0 Å². The third kappa shape index (κ3) is 3.76. The molecule has 2 aliphatic heterocycles. The molecule has 0 spiro atoms. The lowest BCUT2D eigenvalue weighted by Gasteiger charge is -2.36. The Morgan fingerprint density at radius 1 is 1.15 bits per heavy atom. The van der Waals surface area contributed by atoms with Gasteiger partial charge >= 0.3 is 0 Å². The number of aromatic nitrogens is 3. The summed E-state index contributed by atoms with van der Waals surface area (Å²) in [4.78, 5) is 9.87. The Kier molecular flexibility index (Phi) is 4.96. The number of rotatable bonds is 4. The van der Waals surface area contributed by atoms with E-state index in [2.05, 4.69) is 52.4 Å². The summed E-state index contributed by atoms with van der Waals surface area (Å²) < 4.78 is 1.92. The van der Waals surface area contributed by atoms with E-state index in [1.165, 1.54) is 23.4 Å². The Morgan fingerprint density at radius 2 is 1.96 bits per heavy atom. The molecule has 26 heavy (non-hydrogen) atoms. The Bertz CT molecular complexity index is 754. The molecule has 2 aliphatic rings. The van der Waals surface area contributed by atoms with Gasteiger partial charge in [0, 0.05) is 81.1 Å². The lowest BCUT2D eigenvalue weighted by Crippen LogP contribution is -2.46. The molecule has 6 heteroatoms. The summed E-state index contributed by atoms with van der Waals surface area (Å²) in [5, 5.41) is 7.92. The minimum absolute atomic E-state index is 0.573. The highest BCUT2D eigenvalue weighted by atomic mass is 15.3. The molecule has 4 rings (SSSR count). The summed E-state index contributed by atoms with van der Waals surface area (Å²) in [5.74, 6) is 0.573. The molecule has 0 radical (unpaired) electrons. The van der Waals surface area contributed by atoms with Gasteiger partial charge in [-0.1, -0.05) is 0 Å². The zero-order valence-corrected chi connectivity index (χ0v) is 16.2. The Labute approximate surface area is 156 Å². The van der Waals surface area contributed by atoms with Crippen LogP contribution in [-0.2, 0) is 13.6 Å². The van der Waals surface area contributed by atoms with Crippen LogP contribution in [0.3, 0.4) is 0 Å². The van der Waals surface area contributed by atoms with Crippen LogP contribution in [0, 0.1) is 13.8 Å². The van der Waals surface area contributed by atoms with Crippen molar-refractivity contribution >= 4 is 5.69 Å². The molecule has 0 unspecified atom stereocenters. The third-order valence-corrected chi connectivity index (χ3v) is 5.68. The number of piperazine rings is 1. The predicted octanol–water partition coefficient (Wildman–Crippen LogP) is 1.83. The fourth-order valence-corrected chi connectivity index (χ4v) is 4.18. The van der Waals surface area contributed by atoms with E-state index < -0.39 is 0 Å². The van der Waals surface area contributed by atoms with Crippen LogP contribution in [0.2, 0.25) is 0 Å². The van der Waals surface area contributed by atoms with Crippen LogP contribution in [-0.4, -0.2) is 58.9 Å². The first-order valence-electron chi connectivity index (χ1n) is 9.74. The summed E-state index contributed by atoms with van der Waals surface area (Å²) in [6.45, 7) is 11.7. The number of hydrogen-bond donors (Lipinski definition) is 1. The van der Waals surface area contributed by atoms with E-state index in [1.54, 1.807) is 0 Å². The lowest BCUT2D eigenvalue weighted by molar-refractivity contribution is 0.249. The molecule has 4 heterocycles. The molecule has 1 atom stereocenters. The molecular weight excluding hydrogens is 324 g/mol. The summed E-state index contributed by atoms with van der Waals surface area (Å²) >= 11 is 0. The smallest absolute Gasteiger partial charge is 0.0638 e. The van der Waals surface area contributed by atoms with Crippen molar-refractivity contribution < 1.29 is 0 Å². The van der Waals surface area contributed by atoms with Gasteiger partial charge in [0.05, 0.1) is 5.69 Å². The van der Waals surface area contributed by atoms with Gasteiger partial charge in [-0.05, 0) is 38.9 Å². The lowest BCUT2D eigenvalue weighted by atomic mass is 10.0. The van der Waals surface area contributed by atoms with E-state index in [4.69, 9.17) is 4.98 Å². The van der Waals surface area contributed by atoms with Crippen LogP contribution in [0.5, 0.6) is 0 Å². The summed E-state index contributed by atoms with van der Waals surface area (Å²) in [6, 6.07) is 4.57. The average molecular weight is 355 g/mol. The standard InChI is InChI=1S/C20H30N6/c1-15-10-19(11-20(22-15)17-4-5-21-12-17)26-8-6-25(7-9-26)14-18-13-24(3)23-16(18)2/h10-11,13,17,21H,4-9,12,14H2,1-3H3/t17-/m1/s1. The van der Waals surface area contributed by atoms with Crippen molar-refractivity contribution in [3.05, 3.63) is 41.0 Å². The van der Waals surface area contributed by atoms with E-state index in [1.807, 2.05) is 11.7 Å². The number of aryl methyl sites for hydroxylation is 3. The molecule has 0 bridgehead atoms. The molecule has 0 aromatic carbocycles. The third-order valence-electron chi connectivity index (χ3n) is 5.68. The normalized spacial score (nSPS) is 21.5. The van der Waals surface area contributed by atoms with E-state index in [9.17, 15) is 0 Å². The number of anilines is 1. The van der Waals surface area contributed by atoms with Crippen LogP contribution in [0.1, 0.15) is 35.0 Å². The maximum absolute atomic E-state index is 4.81. The van der Waals surface area contributed by atoms with Gasteiger partial charge in [0.15, 0.2) is 0 Å². The molecule has 2 fully saturated rings. The van der Waals surface area contributed by atoms with Crippen LogP contribution >= 0.6 is 0 Å². The van der Waals surface area contributed by atoms with Crippen molar-refractivity contribution in [3.8, 4) is 0 Å². The molecule has 2 aromatic heterocycles. The summed E-state index contributed by atoms with van der Waals surface area (Å²) in [7, 11) is 2.00. The topological polar surface area (TPSA) is 49.2 Å². The van der Waals surface area contributed by atoms with Crippen molar-refractivity contribution in [2.24, 2.45) is 7.05 Å². The molecule has 0 saturated carbocycles. The number of hydrogen-bond acceptors (Lipinski definition) is 5. The Morgan fingerprint density at radius 3 is 2.62 bits per heavy atom. The highest BCUT2D eigenvalue weighted by Crippen LogP contribution is 2.26. The van der Waals surface area contributed by atoms with Gasteiger partial charge in [0.2, 0.25) is 0 Å². The number of nitrogens with one attached hydrogen (secondary N) is 1. The van der Waals surface area contributed by atoms with E-state index >= 15 is 0 Å². The SMILES string of the molecule is Cc1cc(N2CCN(Cc3cn(C)nc3C)CC2)cc([C@@H]2CCNC2)n1. The number of pyridine rings is 1. The fourth-order valence-electron chi connectivity index (χ4n) is 4.18. The number of nitrogens with zero attached hydrogens (tertiary/aromatic N) is 5. The maximum Gasteiger partial charge on any atom is 0.0638 e. The van der Waals surface area contributed by atoms with Crippen molar-refractivity contribution in [1.29, 1.82) is 0 Å². The van der Waals surface area contributed by atoms with Crippen molar-refractivity contribution in [3.63, 3.8) is 0 Å². The second kappa shape index (κ2) is 7.37. The zero-order valence-electron chi connectivity index (χ0n) is 16.2. The van der Waals surface area contributed by atoms with Crippen molar-refractivity contribution in [1.82, 2.24) is 25.0 Å². The van der Waals surface area contributed by atoms with Gasteiger partial charge in [0.1, 0.15) is 0 Å². The minimum atomic E-state index is 0.573. The summed E-state index contributed by atoms with van der Waals surface area (Å²) in [5.41, 5.74) is 6.24. The molecule has 6 nitrogen and oxygen atoms in total. The Balaban J connectivity index is 1.40. The monoisotopic (exact) mass is 354 g/mol. The first-order valence-corrected chi connectivity index (χ1v) is 9.74. The fraction of sp³-hybridized carbons (Fsp3) is 0.600. The van der Waals surface area contributed by atoms with Gasteiger partial charge in [-0.3, -0.25) is 14.6 Å². The minimum Gasteiger partial charge on any atom is -0.369 e. The van der Waals surface area contributed by atoms with E-state index in [0.717, 1.165) is 57.2 Å². The molecule has 2 saturated heterocycles. The highest BCUT2D eigenvalue weighted by Gasteiger charge is 2.22. The van der Waals surface area contributed by atoms with Crippen LogP contribution in [0.4, 0.5) is 5.69 Å². The first kappa shape index (κ1) is 17.5. The molecule has 0 amide bonds. The van der Waals surface area contributed by atoms with Crippen molar-refractivity contribution in [2.45, 2.75) is 32.7 Å². The Hall–Kier alpha value is -1.92. The first-order chi connectivity index (χ1) is 12.6. The molecular formula is C20H30N6. The zero-order chi connectivity index (χ0) is 18.1. The van der Waals surface area contributed by atoms with E-state index in [0.29, 0.717) is 5.92 Å². The average Bonchev–Trinajstić information content (AvgIpc) is 3.25. The van der Waals surface area contributed by atoms with Crippen LogP contribution < -0.4 is 10.2 Å². The van der Waals surface area contributed by atoms with E-state index in [-0.39, 0.29) is 0 Å². The largest absolute Gasteiger partial charge is 0.369 e. The van der Waals surface area contributed by atoms with Gasteiger partial charge in [-0.25, -0.2) is 0 Å². The molecule has 0 aliphatic carbocycles.